The van der Waals surface area contributed by atoms with Crippen molar-refractivity contribution in [2.24, 2.45) is 0 Å². The molecule has 209 valence electrons. The van der Waals surface area contributed by atoms with Crippen molar-refractivity contribution in [3.8, 4) is 16.9 Å². The third-order valence-corrected chi connectivity index (χ3v) is 10.5. The summed E-state index contributed by atoms with van der Waals surface area (Å²) in [5, 5.41) is 4.66. The molecule has 0 saturated carbocycles. The predicted octanol–water partition coefficient (Wildman–Crippen LogP) is 4.12. The number of nitrogens with one attached hydrogen (secondary N) is 1. The first-order chi connectivity index (χ1) is 20.0. The van der Waals surface area contributed by atoms with Gasteiger partial charge in [0, 0.05) is 0 Å². The third-order valence-electron chi connectivity index (χ3n) is 7.26. The summed E-state index contributed by atoms with van der Waals surface area (Å²) in [6.07, 6.45) is 7.93. The van der Waals surface area contributed by atoms with E-state index in [4.69, 9.17) is 26.1 Å². The summed E-state index contributed by atoms with van der Waals surface area (Å²) < 4.78 is 14.0. The number of ether oxygens (including phenoxy) is 2. The maximum absolute atomic E-state index is 12.9. The summed E-state index contributed by atoms with van der Waals surface area (Å²) in [6, 6.07) is 16.5. The Morgan fingerprint density at radius 3 is 2.90 bits per heavy atom. The molecule has 1 N–H and O–H groups in total. The van der Waals surface area contributed by atoms with Gasteiger partial charge in [-0.15, -0.1) is 0 Å². The molecule has 1 aliphatic carbocycles. The van der Waals surface area contributed by atoms with Gasteiger partial charge in [0.2, 0.25) is 0 Å². The molecule has 1 saturated heterocycles. The van der Waals surface area contributed by atoms with Crippen molar-refractivity contribution in [1.29, 1.82) is 0 Å². The number of carbonyl (C=O) groups is 1. The van der Waals surface area contributed by atoms with Gasteiger partial charge in [-0.25, -0.2) is 0 Å². The van der Waals surface area contributed by atoms with Gasteiger partial charge in [0.25, 0.3) is 0 Å². The normalized spacial score (nSPS) is 16.2. The topological polar surface area (TPSA) is 76.6 Å². The molecule has 1 aromatic heterocycles. The number of anilines is 1. The number of halogens is 1. The summed E-state index contributed by atoms with van der Waals surface area (Å²) in [6.45, 7) is 1.84. The van der Waals surface area contributed by atoms with Gasteiger partial charge >= 0.3 is 252 Å². The number of aromatic nitrogens is 2. The average Bonchev–Trinajstić information content (AvgIpc) is 3.61. The van der Waals surface area contributed by atoms with Gasteiger partial charge in [0.05, 0.1) is 0 Å². The van der Waals surface area contributed by atoms with Crippen LogP contribution in [-0.4, -0.2) is 76.5 Å². The number of hydrogen-bond acceptors (Lipinski definition) is 6. The Bertz CT molecular complexity index is 1640. The molecule has 1 atom stereocenters. The monoisotopic (exact) mass is 629 g/mol. The fourth-order valence-corrected chi connectivity index (χ4v) is 8.12. The SMILES string of the molecule is CN(C)CC=CC(=O)Nc1cc2c([As]c3c(Cl)ccc4c3-c3ccccc3C4)ncnc2cc1OC[C@H]1CCCO1. The van der Waals surface area contributed by atoms with E-state index >= 15 is 0 Å². The Morgan fingerprint density at radius 1 is 1.20 bits per heavy atom. The van der Waals surface area contributed by atoms with Crippen LogP contribution in [-0.2, 0) is 16.0 Å². The quantitative estimate of drug-likeness (QED) is 0.195. The molecule has 41 heavy (non-hydrogen) atoms. The standard InChI is InChI=1S/C32H31AsClN4O3/c1-38(2)13-5-10-29(39)37-27-16-24-26(17-28(27)41-18-22-8-6-14-40-22)35-19-36-32(24)33-31-25(34)12-11-21-15-20-7-3-4-9-23(20)30(21)31/h3-5,7,9-12,16-17,19,22H,6,8,13-15,18H2,1-2H3,(H,37,39)/t22-/m1/s1. The second kappa shape index (κ2) is 12.3. The number of rotatable bonds is 9. The Balaban J connectivity index is 1.37. The average molecular weight is 630 g/mol. The van der Waals surface area contributed by atoms with E-state index in [0.29, 0.717) is 24.6 Å². The van der Waals surface area contributed by atoms with E-state index in [1.165, 1.54) is 22.3 Å². The van der Waals surface area contributed by atoms with Crippen LogP contribution < -0.4 is 18.9 Å². The van der Waals surface area contributed by atoms with Crippen molar-refractivity contribution in [1.82, 2.24) is 14.9 Å². The van der Waals surface area contributed by atoms with Gasteiger partial charge in [-0.1, -0.05) is 0 Å². The van der Waals surface area contributed by atoms with E-state index in [1.54, 1.807) is 12.4 Å². The van der Waals surface area contributed by atoms with Crippen molar-refractivity contribution >= 4 is 58.7 Å². The molecule has 9 heteroatoms. The third kappa shape index (κ3) is 6.19. The van der Waals surface area contributed by atoms with Crippen LogP contribution in [0.2, 0.25) is 5.02 Å². The van der Waals surface area contributed by atoms with Crippen molar-refractivity contribution in [2.45, 2.75) is 25.4 Å². The zero-order valence-corrected chi connectivity index (χ0v) is 25.7. The fourth-order valence-electron chi connectivity index (χ4n) is 5.27. The molecule has 0 unspecified atom stereocenters. The van der Waals surface area contributed by atoms with E-state index in [9.17, 15) is 4.79 Å². The molecule has 2 aliphatic rings. The molecular formula is C32H31AsClN4O3. The zero-order valence-electron chi connectivity index (χ0n) is 23.1. The molecule has 2 heterocycles. The molecule has 1 radical (unpaired) electrons. The molecule has 7 nitrogen and oxygen atoms in total. The van der Waals surface area contributed by atoms with Gasteiger partial charge in [-0.3, -0.25) is 0 Å². The number of hydrogen-bond donors (Lipinski definition) is 1. The maximum atomic E-state index is 12.9. The molecule has 6 rings (SSSR count). The number of nitrogens with zero attached hydrogens (tertiary/aromatic N) is 3. The van der Waals surface area contributed by atoms with Gasteiger partial charge in [-0.2, -0.15) is 0 Å². The van der Waals surface area contributed by atoms with Crippen LogP contribution in [0.1, 0.15) is 24.0 Å². The van der Waals surface area contributed by atoms with E-state index in [2.05, 4.69) is 40.6 Å². The molecule has 1 aliphatic heterocycles. The van der Waals surface area contributed by atoms with Crippen LogP contribution in [0.5, 0.6) is 5.75 Å². The van der Waals surface area contributed by atoms with Crippen molar-refractivity contribution in [2.75, 3.05) is 39.2 Å². The fraction of sp³-hybridized carbons (Fsp3) is 0.281. The van der Waals surface area contributed by atoms with Gasteiger partial charge < -0.3 is 0 Å². The zero-order chi connectivity index (χ0) is 28.3. The van der Waals surface area contributed by atoms with E-state index in [-0.39, 0.29) is 12.0 Å². The first-order valence-electron chi connectivity index (χ1n) is 13.7. The van der Waals surface area contributed by atoms with E-state index in [1.807, 2.05) is 43.3 Å². The molecule has 4 aromatic rings. The van der Waals surface area contributed by atoms with E-state index in [0.717, 1.165) is 50.6 Å². The summed E-state index contributed by atoms with van der Waals surface area (Å²) in [4.78, 5) is 24.2. The van der Waals surface area contributed by atoms with Gasteiger partial charge in [0.1, 0.15) is 0 Å². The molecular weight excluding hydrogens is 599 g/mol. The summed E-state index contributed by atoms with van der Waals surface area (Å²) in [5.41, 5.74) is 6.44. The van der Waals surface area contributed by atoms with Crippen LogP contribution in [0.25, 0.3) is 22.0 Å². The minimum atomic E-state index is -0.586. The number of fused-ring (bicyclic) bond motifs is 4. The van der Waals surface area contributed by atoms with E-state index < -0.39 is 15.8 Å². The number of likely N-dealkylation sites (N-methyl/N-ethyl adjacent to an activating group) is 1. The Kier molecular flexibility index (Phi) is 8.40. The second-order valence-corrected chi connectivity index (χ2v) is 13.2. The Morgan fingerprint density at radius 2 is 2.07 bits per heavy atom. The summed E-state index contributed by atoms with van der Waals surface area (Å²) >= 11 is 6.27. The molecule has 0 bridgehead atoms. The van der Waals surface area contributed by atoms with Crippen molar-refractivity contribution in [3.05, 3.63) is 83.2 Å². The molecule has 3 aromatic carbocycles. The first kappa shape index (κ1) is 27.9. The Labute approximate surface area is 251 Å². The van der Waals surface area contributed by atoms with Crippen LogP contribution in [0.15, 0.2) is 67.0 Å². The van der Waals surface area contributed by atoms with Crippen LogP contribution >= 0.6 is 11.6 Å². The molecule has 1 amide bonds. The van der Waals surface area contributed by atoms with Crippen molar-refractivity contribution in [3.63, 3.8) is 0 Å². The van der Waals surface area contributed by atoms with Gasteiger partial charge in [-0.05, 0) is 0 Å². The number of carbonyl (C=O) groups excluding carboxylic acids is 1. The second-order valence-electron chi connectivity index (χ2n) is 10.5. The predicted molar refractivity (Wildman–Crippen MR) is 165 cm³/mol. The van der Waals surface area contributed by atoms with Crippen LogP contribution in [0.3, 0.4) is 0 Å². The first-order valence-corrected chi connectivity index (χ1v) is 16.0. The Hall–Kier alpha value is -3.22. The van der Waals surface area contributed by atoms with Crippen molar-refractivity contribution < 1.29 is 14.3 Å². The molecule has 1 fully saturated rings. The van der Waals surface area contributed by atoms with Crippen LogP contribution in [0, 0.1) is 0 Å². The minimum absolute atomic E-state index is 0.0467. The summed E-state index contributed by atoms with van der Waals surface area (Å²) in [7, 11) is 3.92. The van der Waals surface area contributed by atoms with Gasteiger partial charge in [0.15, 0.2) is 0 Å². The summed E-state index contributed by atoms with van der Waals surface area (Å²) in [5.74, 6) is 0.344. The molecule has 0 spiro atoms. The number of amides is 1. The number of benzene rings is 3. The van der Waals surface area contributed by atoms with Crippen LogP contribution in [0.4, 0.5) is 5.69 Å².